The summed E-state index contributed by atoms with van der Waals surface area (Å²) in [6.07, 6.45) is 2.13. The van der Waals surface area contributed by atoms with Gasteiger partial charge in [-0.1, -0.05) is 30.3 Å². The van der Waals surface area contributed by atoms with Gasteiger partial charge in [-0.25, -0.2) is 4.68 Å². The molecule has 23 heavy (non-hydrogen) atoms. The molecule has 3 aromatic rings. The average Bonchev–Trinajstić information content (AvgIpc) is 2.98. The number of phenolic OH excluding ortho intramolecular Hbond substituents is 1. The highest BCUT2D eigenvalue weighted by Gasteiger charge is 2.30. The lowest BCUT2D eigenvalue weighted by molar-refractivity contribution is -0.116. The minimum atomic E-state index is -0.108. The molecule has 2 aromatic carbocycles. The smallest absolute Gasteiger partial charge is 0.226 e. The molecule has 2 heterocycles. The van der Waals surface area contributed by atoms with E-state index < -0.39 is 0 Å². The van der Waals surface area contributed by atoms with Crippen LogP contribution in [0.2, 0.25) is 0 Å². The molecule has 4 rings (SSSR count). The van der Waals surface area contributed by atoms with Crippen molar-refractivity contribution in [3.63, 3.8) is 0 Å². The van der Waals surface area contributed by atoms with Crippen LogP contribution in [0, 0.1) is 0 Å². The lowest BCUT2D eigenvalue weighted by atomic mass is 9.87. The number of hydrogen-bond acceptors (Lipinski definition) is 3. The fourth-order valence-electron chi connectivity index (χ4n) is 3.02. The summed E-state index contributed by atoms with van der Waals surface area (Å²) in [6, 6.07) is 16.7. The van der Waals surface area contributed by atoms with Gasteiger partial charge in [0, 0.05) is 17.9 Å². The van der Waals surface area contributed by atoms with E-state index in [4.69, 9.17) is 0 Å². The zero-order valence-electron chi connectivity index (χ0n) is 12.3. The molecule has 1 aliphatic heterocycles. The molecule has 114 valence electrons. The van der Waals surface area contributed by atoms with Gasteiger partial charge in [0.05, 0.1) is 11.9 Å². The van der Waals surface area contributed by atoms with E-state index in [-0.39, 0.29) is 17.6 Å². The number of fused-ring (bicyclic) bond motifs is 1. The van der Waals surface area contributed by atoms with Crippen LogP contribution < -0.4 is 5.32 Å². The Kier molecular flexibility index (Phi) is 3.12. The number of phenols is 1. The summed E-state index contributed by atoms with van der Waals surface area (Å²) in [5.74, 6) is 0.734. The predicted octanol–water partition coefficient (Wildman–Crippen LogP) is 3.05. The highest BCUT2D eigenvalue weighted by atomic mass is 16.3. The topological polar surface area (TPSA) is 67.1 Å². The number of rotatable bonds is 2. The number of anilines is 1. The van der Waals surface area contributed by atoms with E-state index in [1.807, 2.05) is 36.4 Å². The second kappa shape index (κ2) is 5.28. The van der Waals surface area contributed by atoms with E-state index in [0.717, 1.165) is 16.8 Å². The van der Waals surface area contributed by atoms with Crippen LogP contribution in [0.4, 0.5) is 5.82 Å². The number of aromatic nitrogens is 2. The van der Waals surface area contributed by atoms with E-state index >= 15 is 0 Å². The van der Waals surface area contributed by atoms with Gasteiger partial charge < -0.3 is 10.4 Å². The summed E-state index contributed by atoms with van der Waals surface area (Å²) in [4.78, 5) is 12.2. The Bertz CT molecular complexity index is 871. The minimum absolute atomic E-state index is 0.0523. The van der Waals surface area contributed by atoms with Gasteiger partial charge in [-0.3, -0.25) is 4.79 Å². The Morgan fingerprint density at radius 2 is 1.96 bits per heavy atom. The zero-order valence-corrected chi connectivity index (χ0v) is 12.3. The van der Waals surface area contributed by atoms with Gasteiger partial charge in [-0.2, -0.15) is 5.10 Å². The average molecular weight is 305 g/mol. The molecule has 0 saturated carbocycles. The third-order valence-corrected chi connectivity index (χ3v) is 4.09. The Labute approximate surface area is 133 Å². The van der Waals surface area contributed by atoms with Crippen LogP contribution >= 0.6 is 0 Å². The van der Waals surface area contributed by atoms with Gasteiger partial charge in [0.25, 0.3) is 0 Å². The van der Waals surface area contributed by atoms with Crippen molar-refractivity contribution in [2.24, 2.45) is 0 Å². The summed E-state index contributed by atoms with van der Waals surface area (Å²) in [6.45, 7) is 0. The second-order valence-electron chi connectivity index (χ2n) is 5.60. The first-order valence-corrected chi connectivity index (χ1v) is 7.44. The normalized spacial score (nSPS) is 16.7. The zero-order chi connectivity index (χ0) is 15.8. The van der Waals surface area contributed by atoms with Crippen molar-refractivity contribution in [1.82, 2.24) is 9.78 Å². The van der Waals surface area contributed by atoms with Gasteiger partial charge in [-0.15, -0.1) is 0 Å². The van der Waals surface area contributed by atoms with E-state index in [1.165, 1.54) is 0 Å². The summed E-state index contributed by atoms with van der Waals surface area (Å²) >= 11 is 0. The molecule has 0 aliphatic carbocycles. The summed E-state index contributed by atoms with van der Waals surface area (Å²) in [5.41, 5.74) is 2.76. The van der Waals surface area contributed by atoms with Gasteiger partial charge in [0.1, 0.15) is 11.6 Å². The fraction of sp³-hybridized carbons (Fsp3) is 0.111. The van der Waals surface area contributed by atoms with Crippen molar-refractivity contribution >= 4 is 11.7 Å². The number of para-hydroxylation sites is 1. The molecule has 0 unspecified atom stereocenters. The van der Waals surface area contributed by atoms with E-state index in [9.17, 15) is 9.90 Å². The van der Waals surface area contributed by atoms with E-state index in [2.05, 4.69) is 10.4 Å². The van der Waals surface area contributed by atoms with Crippen LogP contribution in [-0.4, -0.2) is 20.8 Å². The number of carbonyl (C=O) groups is 1. The van der Waals surface area contributed by atoms with Crippen LogP contribution in [0.5, 0.6) is 5.75 Å². The Morgan fingerprint density at radius 1 is 1.13 bits per heavy atom. The number of amides is 1. The third-order valence-electron chi connectivity index (χ3n) is 4.09. The van der Waals surface area contributed by atoms with Crippen molar-refractivity contribution in [2.75, 3.05) is 5.32 Å². The number of carbonyl (C=O) groups excluding carboxylic acids is 1. The lowest BCUT2D eigenvalue weighted by Crippen LogP contribution is -2.24. The fourth-order valence-corrected chi connectivity index (χ4v) is 3.02. The maximum Gasteiger partial charge on any atom is 0.226 e. The third kappa shape index (κ3) is 2.36. The van der Waals surface area contributed by atoms with Crippen molar-refractivity contribution in [3.8, 4) is 11.4 Å². The second-order valence-corrected chi connectivity index (χ2v) is 5.60. The molecule has 1 aromatic heterocycles. The van der Waals surface area contributed by atoms with Crippen molar-refractivity contribution in [3.05, 3.63) is 71.9 Å². The number of aromatic hydroxyl groups is 1. The van der Waals surface area contributed by atoms with E-state index in [1.54, 1.807) is 29.1 Å². The lowest BCUT2D eigenvalue weighted by Gasteiger charge is -2.23. The van der Waals surface area contributed by atoms with Gasteiger partial charge >= 0.3 is 0 Å². The van der Waals surface area contributed by atoms with E-state index in [0.29, 0.717) is 12.2 Å². The maximum atomic E-state index is 12.2. The number of nitrogens with one attached hydrogen (secondary N) is 1. The highest BCUT2D eigenvalue weighted by Crippen LogP contribution is 2.38. The molecule has 0 bridgehead atoms. The molecule has 1 aliphatic rings. The molecule has 2 N–H and O–H groups in total. The first-order chi connectivity index (χ1) is 11.2. The predicted molar refractivity (Wildman–Crippen MR) is 86.8 cm³/mol. The molecular formula is C18H15N3O2. The van der Waals surface area contributed by atoms with Crippen LogP contribution in [0.15, 0.2) is 60.8 Å². The first kappa shape index (κ1) is 13.6. The molecule has 5 heteroatoms. The Morgan fingerprint density at radius 3 is 2.74 bits per heavy atom. The maximum absolute atomic E-state index is 12.2. The number of nitrogens with zero attached hydrogens (tertiary/aromatic N) is 2. The van der Waals surface area contributed by atoms with Crippen molar-refractivity contribution < 1.29 is 9.90 Å². The largest absolute Gasteiger partial charge is 0.508 e. The number of benzene rings is 2. The van der Waals surface area contributed by atoms with Crippen LogP contribution in [-0.2, 0) is 4.79 Å². The molecule has 0 spiro atoms. The standard InChI is InChI=1S/C18H15N3O2/c22-14-8-4-5-12(9-14)15-10-17(23)20-18-16(15)11-19-21(18)13-6-2-1-3-7-13/h1-9,11,15,22H,10H2,(H,20,23)/t15-/m1/s1. The summed E-state index contributed by atoms with van der Waals surface area (Å²) in [5, 5.41) is 17.1. The monoisotopic (exact) mass is 305 g/mol. The van der Waals surface area contributed by atoms with Gasteiger partial charge in [-0.05, 0) is 29.8 Å². The summed E-state index contributed by atoms with van der Waals surface area (Å²) < 4.78 is 1.74. The molecule has 0 saturated heterocycles. The first-order valence-electron chi connectivity index (χ1n) is 7.44. The molecule has 0 radical (unpaired) electrons. The Balaban J connectivity index is 1.83. The molecule has 5 nitrogen and oxygen atoms in total. The summed E-state index contributed by atoms with van der Waals surface area (Å²) in [7, 11) is 0. The van der Waals surface area contributed by atoms with Crippen LogP contribution in [0.25, 0.3) is 5.69 Å². The van der Waals surface area contributed by atoms with Gasteiger partial charge in [0.2, 0.25) is 5.91 Å². The van der Waals surface area contributed by atoms with Crippen molar-refractivity contribution in [1.29, 1.82) is 0 Å². The van der Waals surface area contributed by atoms with Crippen LogP contribution in [0.3, 0.4) is 0 Å². The molecular weight excluding hydrogens is 290 g/mol. The van der Waals surface area contributed by atoms with Crippen molar-refractivity contribution in [2.45, 2.75) is 12.3 Å². The molecule has 0 fully saturated rings. The Hall–Kier alpha value is -3.08. The quantitative estimate of drug-likeness (QED) is 0.764. The van der Waals surface area contributed by atoms with Crippen LogP contribution in [0.1, 0.15) is 23.5 Å². The number of hydrogen-bond donors (Lipinski definition) is 2. The molecule has 1 amide bonds. The SMILES string of the molecule is O=C1C[C@H](c2cccc(O)c2)c2cnn(-c3ccccc3)c2N1. The molecule has 1 atom stereocenters. The minimum Gasteiger partial charge on any atom is -0.508 e. The van der Waals surface area contributed by atoms with Gasteiger partial charge in [0.15, 0.2) is 0 Å². The highest BCUT2D eigenvalue weighted by molar-refractivity contribution is 5.94.